The van der Waals surface area contributed by atoms with Gasteiger partial charge in [-0.05, 0) is 41.0 Å². The van der Waals surface area contributed by atoms with Crippen molar-refractivity contribution in [2.45, 2.75) is 40.2 Å². The fourth-order valence-electron chi connectivity index (χ4n) is 4.12. The Hall–Kier alpha value is -3.94. The van der Waals surface area contributed by atoms with Crippen LogP contribution in [0.4, 0.5) is 0 Å². The van der Waals surface area contributed by atoms with Gasteiger partial charge in [0.2, 0.25) is 0 Å². The summed E-state index contributed by atoms with van der Waals surface area (Å²) < 4.78 is 2.28. The number of tetrazole rings is 1. The molecule has 8 heteroatoms. The van der Waals surface area contributed by atoms with E-state index in [9.17, 15) is 0 Å². The highest BCUT2D eigenvalue weighted by Crippen LogP contribution is 2.31. The lowest BCUT2D eigenvalue weighted by Crippen LogP contribution is -2.08. The number of fused-ring (bicyclic) bond motifs is 1. The van der Waals surface area contributed by atoms with E-state index in [0.717, 1.165) is 51.5 Å². The van der Waals surface area contributed by atoms with E-state index in [1.54, 1.807) is 0 Å². The van der Waals surface area contributed by atoms with E-state index in [1.807, 2.05) is 32.0 Å². The van der Waals surface area contributed by atoms with Gasteiger partial charge in [0.15, 0.2) is 5.82 Å². The summed E-state index contributed by atoms with van der Waals surface area (Å²) in [6, 6.07) is 16.7. The molecule has 1 N–H and O–H groups in total. The highest BCUT2D eigenvalue weighted by molar-refractivity contribution is 5.81. The molecule has 0 aliphatic rings. The van der Waals surface area contributed by atoms with Crippen molar-refractivity contribution >= 4 is 11.0 Å². The van der Waals surface area contributed by atoms with Gasteiger partial charge >= 0.3 is 0 Å². The molecule has 0 aliphatic heterocycles. The first-order valence-electron chi connectivity index (χ1n) is 10.7. The number of nitrogens with one attached hydrogen (secondary N) is 1. The summed E-state index contributed by atoms with van der Waals surface area (Å²) in [7, 11) is 0. The monoisotopic (exact) mass is 424 g/mol. The minimum Gasteiger partial charge on any atom is -0.322 e. The normalized spacial score (nSPS) is 11.5. The van der Waals surface area contributed by atoms with Crippen molar-refractivity contribution in [3.8, 4) is 22.5 Å². The second-order valence-corrected chi connectivity index (χ2v) is 8.27. The quantitative estimate of drug-likeness (QED) is 0.447. The lowest BCUT2D eigenvalue weighted by atomic mass is 9.98. The average Bonchev–Trinajstić information content (AvgIpc) is 3.46. The summed E-state index contributed by atoms with van der Waals surface area (Å²) in [6.07, 6.45) is 0. The molecule has 0 unspecified atom stereocenters. The van der Waals surface area contributed by atoms with Crippen LogP contribution >= 0.6 is 0 Å². The largest absolute Gasteiger partial charge is 0.322 e. The zero-order valence-corrected chi connectivity index (χ0v) is 18.5. The molecule has 32 heavy (non-hydrogen) atoms. The molecule has 0 spiro atoms. The molecule has 0 bridgehead atoms. The Morgan fingerprint density at radius 3 is 2.28 bits per heavy atom. The van der Waals surface area contributed by atoms with Crippen LogP contribution < -0.4 is 0 Å². The predicted molar refractivity (Wildman–Crippen MR) is 123 cm³/mol. The summed E-state index contributed by atoms with van der Waals surface area (Å²) in [6.45, 7) is 9.02. The predicted octanol–water partition coefficient (Wildman–Crippen LogP) is 4.46. The van der Waals surface area contributed by atoms with Crippen LogP contribution in [0.2, 0.25) is 0 Å². The van der Waals surface area contributed by atoms with Crippen LogP contribution in [-0.4, -0.2) is 40.4 Å². The maximum atomic E-state index is 4.91. The zero-order chi connectivity index (χ0) is 22.2. The molecule has 0 radical (unpaired) electrons. The van der Waals surface area contributed by atoms with Crippen LogP contribution in [0.3, 0.4) is 0 Å². The van der Waals surface area contributed by atoms with E-state index in [1.165, 1.54) is 5.56 Å². The Kier molecular flexibility index (Phi) is 4.97. The number of nitrogens with zero attached hydrogens (tertiary/aromatic N) is 7. The number of rotatable bonds is 5. The molecule has 0 amide bonds. The third-order valence-corrected chi connectivity index (χ3v) is 5.68. The summed E-state index contributed by atoms with van der Waals surface area (Å²) in [4.78, 5) is 4.91. The van der Waals surface area contributed by atoms with Crippen LogP contribution in [0, 0.1) is 13.8 Å². The van der Waals surface area contributed by atoms with Crippen molar-refractivity contribution in [2.24, 2.45) is 0 Å². The third kappa shape index (κ3) is 3.43. The Bertz CT molecular complexity index is 1380. The molecule has 2 aromatic carbocycles. The maximum Gasteiger partial charge on any atom is 0.180 e. The van der Waals surface area contributed by atoms with Gasteiger partial charge in [-0.2, -0.15) is 10.2 Å². The van der Waals surface area contributed by atoms with Crippen LogP contribution in [0.25, 0.3) is 33.5 Å². The lowest BCUT2D eigenvalue weighted by Gasteiger charge is -2.13. The number of H-pyrrole nitrogens is 1. The summed E-state index contributed by atoms with van der Waals surface area (Å²) in [5, 5.41) is 22.9. The van der Waals surface area contributed by atoms with Crippen molar-refractivity contribution in [2.75, 3.05) is 0 Å². The van der Waals surface area contributed by atoms with E-state index >= 15 is 0 Å². The number of aromatic nitrogens is 8. The van der Waals surface area contributed by atoms with Gasteiger partial charge in [-0.25, -0.2) is 10.1 Å². The van der Waals surface area contributed by atoms with E-state index in [2.05, 4.69) is 79.6 Å². The van der Waals surface area contributed by atoms with Gasteiger partial charge in [-0.1, -0.05) is 62.4 Å². The van der Waals surface area contributed by atoms with Gasteiger partial charge in [0.25, 0.3) is 0 Å². The number of benzene rings is 2. The Labute approximate surface area is 185 Å². The van der Waals surface area contributed by atoms with Crippen LogP contribution in [0.15, 0.2) is 48.5 Å². The molecule has 3 aromatic heterocycles. The Morgan fingerprint density at radius 1 is 0.875 bits per heavy atom. The van der Waals surface area contributed by atoms with E-state index in [4.69, 9.17) is 4.98 Å². The van der Waals surface area contributed by atoms with Gasteiger partial charge in [0, 0.05) is 18.0 Å². The van der Waals surface area contributed by atoms with Crippen molar-refractivity contribution in [3.63, 3.8) is 0 Å². The van der Waals surface area contributed by atoms with Gasteiger partial charge < -0.3 is 4.57 Å². The summed E-state index contributed by atoms with van der Waals surface area (Å²) in [5.74, 6) is 2.00. The number of hydrogen-bond acceptors (Lipinski definition) is 6. The highest BCUT2D eigenvalue weighted by atomic mass is 15.5. The number of aryl methyl sites for hydroxylation is 2. The molecule has 5 rings (SSSR count). The SMILES string of the molecule is Cc1nnc(C)c2c1nc(C(C)C)n2Cc1ccc(-c2ccccc2-c2nnn[nH]2)cc1. The molecular weight excluding hydrogens is 400 g/mol. The summed E-state index contributed by atoms with van der Waals surface area (Å²) in [5.41, 5.74) is 8.12. The van der Waals surface area contributed by atoms with Crippen LogP contribution in [0.5, 0.6) is 0 Å². The zero-order valence-electron chi connectivity index (χ0n) is 18.5. The second kappa shape index (κ2) is 7.96. The summed E-state index contributed by atoms with van der Waals surface area (Å²) >= 11 is 0. The molecule has 0 aliphatic carbocycles. The first kappa shape index (κ1) is 20.0. The van der Waals surface area contributed by atoms with Crippen LogP contribution in [0.1, 0.15) is 42.5 Å². The standard InChI is InChI=1S/C24H24N8/c1-14(2)24-25-21-15(3)26-27-16(4)22(21)32(24)13-17-9-11-18(12-10-17)19-7-5-6-8-20(19)23-28-30-31-29-23/h5-12,14H,13H2,1-4H3,(H,28,29,30,31). The Morgan fingerprint density at radius 2 is 1.59 bits per heavy atom. The molecule has 0 fully saturated rings. The average molecular weight is 425 g/mol. The minimum atomic E-state index is 0.294. The van der Waals surface area contributed by atoms with Crippen molar-refractivity contribution in [1.29, 1.82) is 0 Å². The molecule has 0 saturated carbocycles. The lowest BCUT2D eigenvalue weighted by molar-refractivity contribution is 0.681. The molecule has 3 heterocycles. The van der Waals surface area contributed by atoms with Gasteiger partial charge in [-0.15, -0.1) is 5.10 Å². The van der Waals surface area contributed by atoms with E-state index in [-0.39, 0.29) is 0 Å². The van der Waals surface area contributed by atoms with Crippen LogP contribution in [-0.2, 0) is 6.54 Å². The molecule has 0 saturated heterocycles. The van der Waals surface area contributed by atoms with Crippen molar-refractivity contribution in [1.82, 2.24) is 40.4 Å². The fraction of sp³-hybridized carbons (Fsp3) is 0.250. The minimum absolute atomic E-state index is 0.294. The molecule has 5 aromatic rings. The van der Waals surface area contributed by atoms with Gasteiger partial charge in [0.05, 0.1) is 16.9 Å². The second-order valence-electron chi connectivity index (χ2n) is 8.27. The highest BCUT2D eigenvalue weighted by Gasteiger charge is 2.18. The first-order chi connectivity index (χ1) is 15.5. The smallest absolute Gasteiger partial charge is 0.180 e. The van der Waals surface area contributed by atoms with Crippen molar-refractivity contribution < 1.29 is 0 Å². The fourth-order valence-corrected chi connectivity index (χ4v) is 4.12. The number of aromatic amines is 1. The molecule has 160 valence electrons. The van der Waals surface area contributed by atoms with Crippen molar-refractivity contribution in [3.05, 3.63) is 71.3 Å². The van der Waals surface area contributed by atoms with Gasteiger partial charge in [0.1, 0.15) is 11.3 Å². The molecule has 8 nitrogen and oxygen atoms in total. The Balaban J connectivity index is 1.53. The maximum absolute atomic E-state index is 4.91. The topological polar surface area (TPSA) is 98.1 Å². The van der Waals surface area contributed by atoms with E-state index < -0.39 is 0 Å². The first-order valence-corrected chi connectivity index (χ1v) is 10.7. The molecular formula is C24H24N8. The van der Waals surface area contributed by atoms with E-state index in [0.29, 0.717) is 11.7 Å². The number of hydrogen-bond donors (Lipinski definition) is 1. The third-order valence-electron chi connectivity index (χ3n) is 5.68. The van der Waals surface area contributed by atoms with Gasteiger partial charge in [-0.3, -0.25) is 0 Å². The number of imidazole rings is 1. The molecule has 0 atom stereocenters.